The standard InChI is InChI=1S/C12H20NO4/c13-12(14)17-11(9-5-1-3-7-15-9)10-6-2-4-8-16-10/h9-11,13H,1-8H2. The molecule has 17 heavy (non-hydrogen) atoms. The third-order valence-corrected chi connectivity index (χ3v) is 3.41. The molecule has 0 saturated carbocycles. The molecule has 0 aromatic heterocycles. The van der Waals surface area contributed by atoms with Crippen LogP contribution in [0.2, 0.25) is 0 Å². The average Bonchev–Trinajstić information content (AvgIpc) is 2.38. The van der Waals surface area contributed by atoms with Gasteiger partial charge in [0, 0.05) is 13.2 Å². The molecule has 2 saturated heterocycles. The highest BCUT2D eigenvalue weighted by Crippen LogP contribution is 2.26. The Hall–Kier alpha value is -0.810. The maximum Gasteiger partial charge on any atom is 0.426 e. The first-order valence-electron chi connectivity index (χ1n) is 6.43. The van der Waals surface area contributed by atoms with Crippen LogP contribution in [0.5, 0.6) is 0 Å². The molecule has 2 unspecified atom stereocenters. The molecule has 0 aromatic rings. The summed E-state index contributed by atoms with van der Waals surface area (Å²) in [5.74, 6) is 0. The van der Waals surface area contributed by atoms with Crippen LogP contribution in [-0.2, 0) is 14.2 Å². The van der Waals surface area contributed by atoms with Gasteiger partial charge in [0.1, 0.15) is 0 Å². The SMILES string of the molecule is [NH]C(=O)OC(C1CCCCO1)C1CCCCO1. The first kappa shape index (κ1) is 12.6. The Morgan fingerprint density at radius 2 is 1.59 bits per heavy atom. The van der Waals surface area contributed by atoms with Gasteiger partial charge >= 0.3 is 6.09 Å². The van der Waals surface area contributed by atoms with Gasteiger partial charge in [-0.15, -0.1) is 0 Å². The van der Waals surface area contributed by atoms with Crippen molar-refractivity contribution < 1.29 is 19.0 Å². The average molecular weight is 242 g/mol. The number of rotatable bonds is 3. The fourth-order valence-electron chi connectivity index (χ4n) is 2.56. The van der Waals surface area contributed by atoms with E-state index in [0.29, 0.717) is 13.2 Å². The van der Waals surface area contributed by atoms with Crippen LogP contribution in [-0.4, -0.2) is 37.6 Å². The van der Waals surface area contributed by atoms with E-state index in [-0.39, 0.29) is 12.2 Å². The van der Waals surface area contributed by atoms with E-state index in [9.17, 15) is 4.79 Å². The highest BCUT2D eigenvalue weighted by Gasteiger charge is 2.36. The third-order valence-electron chi connectivity index (χ3n) is 3.41. The van der Waals surface area contributed by atoms with Crippen molar-refractivity contribution >= 4 is 6.09 Å². The van der Waals surface area contributed by atoms with Crippen molar-refractivity contribution in [3.05, 3.63) is 0 Å². The van der Waals surface area contributed by atoms with Crippen molar-refractivity contribution in [2.45, 2.75) is 56.8 Å². The lowest BCUT2D eigenvalue weighted by molar-refractivity contribution is -0.136. The predicted molar refractivity (Wildman–Crippen MR) is 60.5 cm³/mol. The van der Waals surface area contributed by atoms with Crippen molar-refractivity contribution in [3.63, 3.8) is 0 Å². The van der Waals surface area contributed by atoms with Crippen LogP contribution in [0.3, 0.4) is 0 Å². The summed E-state index contributed by atoms with van der Waals surface area (Å²) in [5.41, 5.74) is 6.97. The van der Waals surface area contributed by atoms with Gasteiger partial charge in [-0.3, -0.25) is 0 Å². The van der Waals surface area contributed by atoms with E-state index in [1.165, 1.54) is 0 Å². The molecule has 0 aliphatic carbocycles. The number of ether oxygens (including phenoxy) is 3. The molecule has 0 aromatic carbocycles. The summed E-state index contributed by atoms with van der Waals surface area (Å²) in [5, 5.41) is 0. The summed E-state index contributed by atoms with van der Waals surface area (Å²) in [4.78, 5) is 10.9. The van der Waals surface area contributed by atoms with Gasteiger partial charge in [-0.2, -0.15) is 0 Å². The molecule has 2 fully saturated rings. The zero-order valence-corrected chi connectivity index (χ0v) is 10.0. The van der Waals surface area contributed by atoms with Crippen LogP contribution in [0.4, 0.5) is 4.79 Å². The fraction of sp³-hybridized carbons (Fsp3) is 0.917. The van der Waals surface area contributed by atoms with E-state index in [4.69, 9.17) is 19.9 Å². The highest BCUT2D eigenvalue weighted by atomic mass is 16.6. The maximum absolute atomic E-state index is 10.9. The zero-order chi connectivity index (χ0) is 12.1. The van der Waals surface area contributed by atoms with Crippen molar-refractivity contribution in [1.82, 2.24) is 5.73 Å². The molecular formula is C12H20NO4. The Morgan fingerprint density at radius 3 is 1.94 bits per heavy atom. The minimum atomic E-state index is -0.988. The van der Waals surface area contributed by atoms with Crippen molar-refractivity contribution in [2.75, 3.05) is 13.2 Å². The monoisotopic (exact) mass is 242 g/mol. The van der Waals surface area contributed by atoms with Crippen LogP contribution < -0.4 is 5.73 Å². The van der Waals surface area contributed by atoms with Crippen LogP contribution in [0, 0.1) is 0 Å². The summed E-state index contributed by atoms with van der Waals surface area (Å²) in [6, 6.07) is 0. The van der Waals surface area contributed by atoms with Crippen LogP contribution in [0.1, 0.15) is 38.5 Å². The molecule has 2 aliphatic heterocycles. The molecule has 1 N–H and O–H groups in total. The van der Waals surface area contributed by atoms with Crippen LogP contribution in [0.15, 0.2) is 0 Å². The normalized spacial score (nSPS) is 31.8. The summed E-state index contributed by atoms with van der Waals surface area (Å²) in [6.07, 6.45) is 4.48. The molecule has 5 heteroatoms. The van der Waals surface area contributed by atoms with E-state index in [1.807, 2.05) is 0 Å². The Bertz CT molecular complexity index is 229. The van der Waals surface area contributed by atoms with Gasteiger partial charge in [0.15, 0.2) is 6.10 Å². The lowest BCUT2D eigenvalue weighted by atomic mass is 9.95. The topological polar surface area (TPSA) is 68.6 Å². The summed E-state index contributed by atoms with van der Waals surface area (Å²) >= 11 is 0. The minimum Gasteiger partial charge on any atom is -0.439 e. The molecule has 5 nitrogen and oxygen atoms in total. The molecule has 97 valence electrons. The molecule has 2 rings (SSSR count). The molecule has 0 spiro atoms. The minimum absolute atomic E-state index is 0.0962. The molecule has 0 bridgehead atoms. The highest BCUT2D eigenvalue weighted by molar-refractivity contribution is 5.64. The second-order valence-corrected chi connectivity index (χ2v) is 4.68. The number of amides is 1. The fourth-order valence-corrected chi connectivity index (χ4v) is 2.56. The predicted octanol–water partition coefficient (Wildman–Crippen LogP) is 1.91. The van der Waals surface area contributed by atoms with Gasteiger partial charge in [-0.25, -0.2) is 10.5 Å². The zero-order valence-electron chi connectivity index (χ0n) is 10.0. The molecule has 2 aliphatic rings. The summed E-state index contributed by atoms with van der Waals surface area (Å²) < 4.78 is 16.4. The van der Waals surface area contributed by atoms with E-state index >= 15 is 0 Å². The molecule has 1 amide bonds. The molecule has 1 radical (unpaired) electrons. The Kier molecular flexibility index (Phi) is 4.62. The van der Waals surface area contributed by atoms with Crippen molar-refractivity contribution in [3.8, 4) is 0 Å². The summed E-state index contributed by atoms with van der Waals surface area (Å²) in [6.45, 7) is 1.42. The maximum atomic E-state index is 10.9. The number of carbonyl (C=O) groups excluding carboxylic acids is 1. The van der Waals surface area contributed by atoms with Gasteiger partial charge in [0.05, 0.1) is 12.2 Å². The van der Waals surface area contributed by atoms with Crippen molar-refractivity contribution in [1.29, 1.82) is 0 Å². The molecular weight excluding hydrogens is 222 g/mol. The largest absolute Gasteiger partial charge is 0.439 e. The van der Waals surface area contributed by atoms with Gasteiger partial charge in [-0.05, 0) is 38.5 Å². The second-order valence-electron chi connectivity index (χ2n) is 4.68. The van der Waals surface area contributed by atoms with Gasteiger partial charge in [0.2, 0.25) is 0 Å². The van der Waals surface area contributed by atoms with Gasteiger partial charge in [0.25, 0.3) is 0 Å². The Morgan fingerprint density at radius 1 is 1.06 bits per heavy atom. The number of hydrogen-bond acceptors (Lipinski definition) is 4. The van der Waals surface area contributed by atoms with E-state index in [1.54, 1.807) is 0 Å². The first-order chi connectivity index (χ1) is 8.27. The second kappa shape index (κ2) is 6.21. The third kappa shape index (κ3) is 3.57. The Balaban J connectivity index is 1.97. The van der Waals surface area contributed by atoms with Crippen molar-refractivity contribution in [2.24, 2.45) is 0 Å². The first-order valence-corrected chi connectivity index (χ1v) is 6.43. The molecule has 2 heterocycles. The smallest absolute Gasteiger partial charge is 0.426 e. The molecule has 2 atom stereocenters. The lowest BCUT2D eigenvalue weighted by Crippen LogP contribution is -2.46. The van der Waals surface area contributed by atoms with E-state index < -0.39 is 12.2 Å². The van der Waals surface area contributed by atoms with Crippen LogP contribution in [0.25, 0.3) is 0 Å². The Labute approximate surface area is 102 Å². The van der Waals surface area contributed by atoms with Gasteiger partial charge in [-0.1, -0.05) is 0 Å². The van der Waals surface area contributed by atoms with E-state index in [2.05, 4.69) is 0 Å². The number of carbonyl (C=O) groups is 1. The van der Waals surface area contributed by atoms with E-state index in [0.717, 1.165) is 38.5 Å². The quantitative estimate of drug-likeness (QED) is 0.758. The van der Waals surface area contributed by atoms with Crippen LogP contribution >= 0.6 is 0 Å². The van der Waals surface area contributed by atoms with Gasteiger partial charge < -0.3 is 14.2 Å². The summed E-state index contributed by atoms with van der Waals surface area (Å²) in [7, 11) is 0. The lowest BCUT2D eigenvalue weighted by Gasteiger charge is -2.36. The number of nitrogens with one attached hydrogen (secondary N) is 1. The number of hydrogen-bond donors (Lipinski definition) is 0.